The quantitative estimate of drug-likeness (QED) is 0.424. The van der Waals surface area contributed by atoms with Crippen molar-refractivity contribution >= 4 is 27.9 Å². The molecule has 5 rings (SSSR count). The molecule has 174 valence electrons. The number of benzene rings is 2. The summed E-state index contributed by atoms with van der Waals surface area (Å²) in [6.45, 7) is 5.43. The summed E-state index contributed by atoms with van der Waals surface area (Å²) >= 11 is 0. The van der Waals surface area contributed by atoms with Crippen LogP contribution in [-0.2, 0) is 6.54 Å². The highest BCUT2D eigenvalue weighted by atomic mass is 16.3. The van der Waals surface area contributed by atoms with Gasteiger partial charge in [-0.3, -0.25) is 4.79 Å². The van der Waals surface area contributed by atoms with E-state index >= 15 is 0 Å². The smallest absolute Gasteiger partial charge is 0.289 e. The second kappa shape index (κ2) is 9.32. The number of nitrogens with one attached hydrogen (secondary N) is 2. The number of H-pyrrole nitrogens is 1. The normalized spacial score (nSPS) is 18.3. The van der Waals surface area contributed by atoms with E-state index in [0.717, 1.165) is 47.9 Å². The van der Waals surface area contributed by atoms with E-state index in [-0.39, 0.29) is 11.9 Å². The van der Waals surface area contributed by atoms with Crippen LogP contribution in [0.1, 0.15) is 60.1 Å². The molecular weight excluding hydrogens is 426 g/mol. The van der Waals surface area contributed by atoms with Gasteiger partial charge in [-0.25, -0.2) is 4.98 Å². The number of amides is 1. The van der Waals surface area contributed by atoms with Gasteiger partial charge in [0, 0.05) is 24.0 Å². The van der Waals surface area contributed by atoms with Crippen molar-refractivity contribution in [3.05, 3.63) is 65.2 Å². The van der Waals surface area contributed by atoms with Gasteiger partial charge in [0.15, 0.2) is 5.82 Å². The topological polar surface area (TPSA) is 98.0 Å². The van der Waals surface area contributed by atoms with Gasteiger partial charge in [-0.1, -0.05) is 18.2 Å². The Balaban J connectivity index is 1.27. The van der Waals surface area contributed by atoms with E-state index in [1.165, 1.54) is 5.56 Å². The molecule has 0 saturated heterocycles. The maximum Gasteiger partial charge on any atom is 0.289 e. The third-order valence-corrected chi connectivity index (χ3v) is 7.00. The van der Waals surface area contributed by atoms with Crippen LogP contribution in [0.4, 0.5) is 0 Å². The summed E-state index contributed by atoms with van der Waals surface area (Å²) in [5, 5.41) is 14.0. The SMILES string of the molecule is CCN(C(=O)c1nc2cc(C#N)ccc2[nH]1)C1CCC[C@@H](NCc2oc3ccccc3c2C)C1. The number of hydrogen-bond donors (Lipinski definition) is 2. The maximum absolute atomic E-state index is 13.4. The van der Waals surface area contributed by atoms with Crippen molar-refractivity contribution in [2.24, 2.45) is 0 Å². The number of carbonyl (C=O) groups excluding carboxylic acids is 1. The van der Waals surface area contributed by atoms with Crippen LogP contribution in [0.15, 0.2) is 46.9 Å². The zero-order valence-electron chi connectivity index (χ0n) is 19.6. The van der Waals surface area contributed by atoms with Crippen LogP contribution >= 0.6 is 0 Å². The predicted octanol–water partition coefficient (Wildman–Crippen LogP) is 5.05. The van der Waals surface area contributed by atoms with Crippen molar-refractivity contribution in [2.45, 2.75) is 58.2 Å². The first kappa shape index (κ1) is 22.2. The molecule has 0 spiro atoms. The second-order valence-electron chi connectivity index (χ2n) is 9.06. The average Bonchev–Trinajstić information content (AvgIpc) is 3.44. The van der Waals surface area contributed by atoms with Crippen LogP contribution in [0, 0.1) is 18.3 Å². The van der Waals surface area contributed by atoms with Gasteiger partial charge in [-0.05, 0) is 69.4 Å². The molecule has 2 N–H and O–H groups in total. The van der Waals surface area contributed by atoms with Gasteiger partial charge in [0.2, 0.25) is 0 Å². The first-order valence-electron chi connectivity index (χ1n) is 12.0. The van der Waals surface area contributed by atoms with Crippen LogP contribution in [0.25, 0.3) is 22.0 Å². The summed E-state index contributed by atoms with van der Waals surface area (Å²) in [5.41, 5.74) is 4.05. The lowest BCUT2D eigenvalue weighted by atomic mass is 9.89. The minimum Gasteiger partial charge on any atom is -0.459 e. The van der Waals surface area contributed by atoms with Crippen LogP contribution in [0.2, 0.25) is 0 Å². The summed E-state index contributed by atoms with van der Waals surface area (Å²) in [4.78, 5) is 22.9. The van der Waals surface area contributed by atoms with Crippen molar-refractivity contribution in [1.82, 2.24) is 20.2 Å². The summed E-state index contributed by atoms with van der Waals surface area (Å²) in [7, 11) is 0. The van der Waals surface area contributed by atoms with Crippen LogP contribution in [-0.4, -0.2) is 39.4 Å². The Hall–Kier alpha value is -3.63. The van der Waals surface area contributed by atoms with Crippen LogP contribution in [0.3, 0.4) is 0 Å². The van der Waals surface area contributed by atoms with Gasteiger partial charge < -0.3 is 19.6 Å². The minimum atomic E-state index is -0.0870. The molecule has 0 radical (unpaired) electrons. The number of nitriles is 1. The number of nitrogens with zero attached hydrogens (tertiary/aromatic N) is 3. The number of aromatic amines is 1. The fraction of sp³-hybridized carbons (Fsp3) is 0.370. The molecular formula is C27H29N5O2. The lowest BCUT2D eigenvalue weighted by Crippen LogP contribution is -2.47. The Labute approximate surface area is 198 Å². The molecule has 1 fully saturated rings. The Bertz CT molecular complexity index is 1380. The number of fused-ring (bicyclic) bond motifs is 2. The third-order valence-electron chi connectivity index (χ3n) is 7.00. The Kier molecular flexibility index (Phi) is 6.08. The Morgan fingerprint density at radius 3 is 2.94 bits per heavy atom. The van der Waals surface area contributed by atoms with Crippen molar-refractivity contribution in [2.75, 3.05) is 6.54 Å². The van der Waals surface area contributed by atoms with Crippen molar-refractivity contribution in [3.63, 3.8) is 0 Å². The van der Waals surface area contributed by atoms with E-state index < -0.39 is 0 Å². The van der Waals surface area contributed by atoms with Gasteiger partial charge >= 0.3 is 0 Å². The van der Waals surface area contributed by atoms with E-state index in [9.17, 15) is 4.79 Å². The van der Waals surface area contributed by atoms with Crippen molar-refractivity contribution in [3.8, 4) is 6.07 Å². The van der Waals surface area contributed by atoms with Gasteiger partial charge in [0.05, 0.1) is 29.2 Å². The molecule has 7 heteroatoms. The van der Waals surface area contributed by atoms with Gasteiger partial charge in [0.1, 0.15) is 11.3 Å². The number of para-hydroxylation sites is 1. The summed E-state index contributed by atoms with van der Waals surface area (Å²) in [6.07, 6.45) is 4.04. The molecule has 1 saturated carbocycles. The molecule has 0 bridgehead atoms. The number of aryl methyl sites for hydroxylation is 1. The maximum atomic E-state index is 13.4. The standard InChI is InChI=1S/C27H29N5O2/c1-3-32(27(33)26-30-22-12-11-18(15-28)13-23(22)31-26)20-8-6-7-19(14-20)29-16-25-17(2)21-9-4-5-10-24(21)34-25/h4-5,9-13,19-20,29H,3,6-8,14,16H2,1-2H3,(H,30,31)/t19-,20?/m1/s1. The van der Waals surface area contributed by atoms with Crippen molar-refractivity contribution < 1.29 is 9.21 Å². The molecule has 4 aromatic rings. The number of furan rings is 1. The molecule has 2 aromatic heterocycles. The zero-order valence-corrected chi connectivity index (χ0v) is 19.6. The van der Waals surface area contributed by atoms with Gasteiger partial charge in [-0.15, -0.1) is 0 Å². The molecule has 0 aliphatic heterocycles. The molecule has 1 unspecified atom stereocenters. The number of aromatic nitrogens is 2. The zero-order chi connectivity index (χ0) is 23.7. The third kappa shape index (κ3) is 4.17. The van der Waals surface area contributed by atoms with Crippen LogP contribution in [0.5, 0.6) is 0 Å². The molecule has 7 nitrogen and oxygen atoms in total. The molecule has 34 heavy (non-hydrogen) atoms. The van der Waals surface area contributed by atoms with E-state index in [0.29, 0.717) is 36.0 Å². The van der Waals surface area contributed by atoms with E-state index in [1.54, 1.807) is 18.2 Å². The Morgan fingerprint density at radius 1 is 1.29 bits per heavy atom. The summed E-state index contributed by atoms with van der Waals surface area (Å²) < 4.78 is 6.07. The summed E-state index contributed by atoms with van der Waals surface area (Å²) in [5.74, 6) is 1.22. The van der Waals surface area contributed by atoms with Crippen LogP contribution < -0.4 is 5.32 Å². The molecule has 2 heterocycles. The average molecular weight is 456 g/mol. The van der Waals surface area contributed by atoms with E-state index in [4.69, 9.17) is 9.68 Å². The Morgan fingerprint density at radius 2 is 2.15 bits per heavy atom. The molecule has 1 amide bonds. The predicted molar refractivity (Wildman–Crippen MR) is 131 cm³/mol. The first-order chi connectivity index (χ1) is 16.6. The first-order valence-corrected chi connectivity index (χ1v) is 12.0. The largest absolute Gasteiger partial charge is 0.459 e. The second-order valence-corrected chi connectivity index (χ2v) is 9.06. The highest BCUT2D eigenvalue weighted by Gasteiger charge is 2.30. The fourth-order valence-corrected chi connectivity index (χ4v) is 5.14. The fourth-order valence-electron chi connectivity index (χ4n) is 5.14. The number of hydrogen-bond acceptors (Lipinski definition) is 5. The van der Waals surface area contributed by atoms with Crippen molar-refractivity contribution in [1.29, 1.82) is 5.26 Å². The van der Waals surface area contributed by atoms with E-state index in [1.807, 2.05) is 30.0 Å². The van der Waals surface area contributed by atoms with E-state index in [2.05, 4.69) is 34.3 Å². The van der Waals surface area contributed by atoms with Gasteiger partial charge in [0.25, 0.3) is 5.91 Å². The number of carbonyl (C=O) groups is 1. The highest BCUT2D eigenvalue weighted by Crippen LogP contribution is 2.27. The number of rotatable bonds is 6. The summed E-state index contributed by atoms with van der Waals surface area (Å²) in [6, 6.07) is 16.0. The lowest BCUT2D eigenvalue weighted by molar-refractivity contribution is 0.0616. The molecule has 1 aliphatic carbocycles. The molecule has 2 atom stereocenters. The minimum absolute atomic E-state index is 0.0870. The highest BCUT2D eigenvalue weighted by molar-refractivity contribution is 5.94. The molecule has 1 aliphatic rings. The monoisotopic (exact) mass is 455 g/mol. The lowest BCUT2D eigenvalue weighted by Gasteiger charge is -2.37. The van der Waals surface area contributed by atoms with Gasteiger partial charge in [-0.2, -0.15) is 5.26 Å². The number of imidazole rings is 1. The molecule has 2 aromatic carbocycles.